The topological polar surface area (TPSA) is 40.1 Å². The Morgan fingerprint density at radius 1 is 0.781 bits per heavy atom. The maximum Gasteiger partial charge on any atom is 1.00 e. The molecule has 1 aliphatic carbocycles. The number of carboxylic acids is 1. The number of carboxylic acid groups (broad SMARTS) is 1. The monoisotopic (exact) mass is 418 g/mol. The zero-order valence-corrected chi connectivity index (χ0v) is 20.8. The van der Waals surface area contributed by atoms with E-state index in [0.29, 0.717) is 0 Å². The Bertz CT molecular complexity index is 824. The largest absolute Gasteiger partial charge is 1.00 e. The first-order chi connectivity index (χ1) is 14.5. The van der Waals surface area contributed by atoms with Gasteiger partial charge >= 0.3 is 37.7 Å². The molecule has 0 fully saturated rings. The SMILES string of the molecule is [CH2-]CCCCCC1(CCCCCCC(=O)[O-])c2cc(C)ccc2-c2ccc(C)cc21.[Li+].[Li+]. The van der Waals surface area contributed by atoms with Gasteiger partial charge < -0.3 is 16.8 Å². The molecule has 0 amide bonds. The average Bonchev–Trinajstić information content (AvgIpc) is 2.96. The third kappa shape index (κ3) is 6.81. The van der Waals surface area contributed by atoms with Crippen LogP contribution in [0.5, 0.6) is 0 Å². The van der Waals surface area contributed by atoms with E-state index in [4.69, 9.17) is 0 Å². The first kappa shape index (κ1) is 29.1. The van der Waals surface area contributed by atoms with Crippen LogP contribution in [0.1, 0.15) is 92.9 Å². The van der Waals surface area contributed by atoms with Gasteiger partial charge in [-0.3, -0.25) is 0 Å². The van der Waals surface area contributed by atoms with Crippen molar-refractivity contribution in [3.63, 3.8) is 0 Å². The molecule has 0 heterocycles. The van der Waals surface area contributed by atoms with Gasteiger partial charge in [-0.1, -0.05) is 86.1 Å². The molecule has 0 aromatic heterocycles. The second-order valence-corrected chi connectivity index (χ2v) is 9.13. The molecule has 3 rings (SSSR count). The van der Waals surface area contributed by atoms with Gasteiger partial charge in [0, 0.05) is 11.4 Å². The van der Waals surface area contributed by atoms with Gasteiger partial charge in [-0.2, -0.15) is 6.42 Å². The standard InChI is InChI=1S/C28H37O2.2Li/c1-4-5-6-10-17-28(18-11-8-7-9-12-27(29)30)25-19-21(2)13-15-23(25)24-16-14-22(3)20-26(24)28;;/h13-16,19-20H,1,4-12,17-18H2,2-3H3,(H,29,30);;/q-1;2*+1/p-1. The third-order valence-corrected chi connectivity index (χ3v) is 6.76. The van der Waals surface area contributed by atoms with Crippen molar-refractivity contribution in [2.45, 2.75) is 89.9 Å². The summed E-state index contributed by atoms with van der Waals surface area (Å²) in [4.78, 5) is 10.7. The number of rotatable bonds is 12. The van der Waals surface area contributed by atoms with E-state index < -0.39 is 5.97 Å². The van der Waals surface area contributed by atoms with Crippen LogP contribution in [0.25, 0.3) is 11.1 Å². The quantitative estimate of drug-likeness (QED) is 0.285. The summed E-state index contributed by atoms with van der Waals surface area (Å²) >= 11 is 0. The number of benzene rings is 2. The fraction of sp³-hybridized carbons (Fsp3) is 0.500. The molecule has 4 heteroatoms. The summed E-state index contributed by atoms with van der Waals surface area (Å²) in [6.07, 6.45) is 11.1. The number of unbranched alkanes of at least 4 members (excludes halogenated alkanes) is 6. The summed E-state index contributed by atoms with van der Waals surface area (Å²) < 4.78 is 0. The van der Waals surface area contributed by atoms with Crippen molar-refractivity contribution in [1.82, 2.24) is 0 Å². The Morgan fingerprint density at radius 3 is 1.72 bits per heavy atom. The number of aliphatic carboxylic acids is 1. The minimum Gasteiger partial charge on any atom is -0.550 e. The molecular formula is C28H36Li2O2. The Kier molecular flexibility index (Phi) is 12.5. The summed E-state index contributed by atoms with van der Waals surface area (Å²) in [5, 5.41) is 10.7. The zero-order valence-electron chi connectivity index (χ0n) is 20.8. The van der Waals surface area contributed by atoms with E-state index in [1.807, 2.05) is 0 Å². The van der Waals surface area contributed by atoms with Gasteiger partial charge in [0.15, 0.2) is 0 Å². The summed E-state index contributed by atoms with van der Waals surface area (Å²) in [5.41, 5.74) is 8.57. The Balaban J connectivity index is 0.00000256. The van der Waals surface area contributed by atoms with Crippen molar-refractivity contribution in [3.05, 3.63) is 65.6 Å². The number of fused-ring (bicyclic) bond motifs is 3. The van der Waals surface area contributed by atoms with Gasteiger partial charge in [0.1, 0.15) is 0 Å². The Morgan fingerprint density at radius 2 is 1.25 bits per heavy atom. The maximum atomic E-state index is 10.7. The number of hydrogen-bond acceptors (Lipinski definition) is 2. The first-order valence-corrected chi connectivity index (χ1v) is 11.7. The first-order valence-electron chi connectivity index (χ1n) is 11.7. The molecule has 32 heavy (non-hydrogen) atoms. The molecule has 0 spiro atoms. The fourth-order valence-electron chi connectivity index (χ4n) is 5.22. The second-order valence-electron chi connectivity index (χ2n) is 9.13. The van der Waals surface area contributed by atoms with E-state index in [1.54, 1.807) is 0 Å². The predicted octanol–water partition coefficient (Wildman–Crippen LogP) is 0.453. The molecule has 1 aliphatic rings. The molecule has 2 aromatic carbocycles. The minimum absolute atomic E-state index is 0. The van der Waals surface area contributed by atoms with E-state index in [-0.39, 0.29) is 49.6 Å². The van der Waals surface area contributed by atoms with Crippen molar-refractivity contribution >= 4 is 5.97 Å². The normalized spacial score (nSPS) is 13.0. The summed E-state index contributed by atoms with van der Waals surface area (Å²) in [7, 11) is 0. The molecule has 0 N–H and O–H groups in total. The van der Waals surface area contributed by atoms with Gasteiger partial charge in [-0.25, -0.2) is 0 Å². The molecule has 0 radical (unpaired) electrons. The number of aryl methyl sites for hydroxylation is 2. The molecule has 0 unspecified atom stereocenters. The van der Waals surface area contributed by atoms with E-state index in [2.05, 4.69) is 57.2 Å². The Hall–Kier alpha value is -0.895. The van der Waals surface area contributed by atoms with Crippen molar-refractivity contribution < 1.29 is 47.6 Å². The Labute approximate surface area is 219 Å². The van der Waals surface area contributed by atoms with E-state index in [1.165, 1.54) is 59.1 Å². The van der Waals surface area contributed by atoms with Gasteiger partial charge in [0.25, 0.3) is 0 Å². The molecule has 2 aromatic rings. The van der Waals surface area contributed by atoms with Crippen molar-refractivity contribution in [3.8, 4) is 11.1 Å². The van der Waals surface area contributed by atoms with Crippen LogP contribution in [-0.4, -0.2) is 5.97 Å². The number of hydrogen-bond donors (Lipinski definition) is 0. The average molecular weight is 418 g/mol. The fourth-order valence-corrected chi connectivity index (χ4v) is 5.22. The van der Waals surface area contributed by atoms with E-state index in [0.717, 1.165) is 38.5 Å². The van der Waals surface area contributed by atoms with Crippen LogP contribution in [0.15, 0.2) is 36.4 Å². The molecule has 0 saturated carbocycles. The van der Waals surface area contributed by atoms with Crippen LogP contribution in [0.2, 0.25) is 0 Å². The number of carbonyl (C=O) groups excluding carboxylic acids is 1. The van der Waals surface area contributed by atoms with Gasteiger partial charge in [0.2, 0.25) is 0 Å². The molecule has 0 atom stereocenters. The molecule has 162 valence electrons. The number of carbonyl (C=O) groups is 1. The second kappa shape index (κ2) is 13.7. The van der Waals surface area contributed by atoms with Gasteiger partial charge in [-0.15, -0.1) is 0 Å². The summed E-state index contributed by atoms with van der Waals surface area (Å²) in [6, 6.07) is 13.9. The van der Waals surface area contributed by atoms with Crippen LogP contribution in [0, 0.1) is 20.8 Å². The van der Waals surface area contributed by atoms with Crippen LogP contribution >= 0.6 is 0 Å². The van der Waals surface area contributed by atoms with Crippen LogP contribution in [0.4, 0.5) is 0 Å². The molecular weight excluding hydrogens is 382 g/mol. The summed E-state index contributed by atoms with van der Waals surface area (Å²) in [6.45, 7) is 8.40. The van der Waals surface area contributed by atoms with E-state index >= 15 is 0 Å². The van der Waals surface area contributed by atoms with Crippen LogP contribution in [-0.2, 0) is 10.2 Å². The molecule has 2 nitrogen and oxygen atoms in total. The van der Waals surface area contributed by atoms with Gasteiger partial charge in [-0.05, 0) is 61.8 Å². The van der Waals surface area contributed by atoms with Crippen molar-refractivity contribution in [2.24, 2.45) is 0 Å². The maximum absolute atomic E-state index is 10.7. The summed E-state index contributed by atoms with van der Waals surface area (Å²) in [5.74, 6) is -0.929. The minimum atomic E-state index is -0.929. The predicted molar refractivity (Wildman–Crippen MR) is 123 cm³/mol. The van der Waals surface area contributed by atoms with Crippen molar-refractivity contribution in [2.75, 3.05) is 0 Å². The smallest absolute Gasteiger partial charge is 0.550 e. The third-order valence-electron chi connectivity index (χ3n) is 6.76. The van der Waals surface area contributed by atoms with Crippen LogP contribution < -0.4 is 42.8 Å². The molecule has 0 saturated heterocycles. The zero-order chi connectivity index (χ0) is 21.6. The van der Waals surface area contributed by atoms with Gasteiger partial charge in [0.05, 0.1) is 0 Å². The van der Waals surface area contributed by atoms with Crippen molar-refractivity contribution in [1.29, 1.82) is 0 Å². The molecule has 0 aliphatic heterocycles. The molecule has 0 bridgehead atoms. The van der Waals surface area contributed by atoms with Crippen LogP contribution in [0.3, 0.4) is 0 Å². The van der Waals surface area contributed by atoms with E-state index in [9.17, 15) is 9.90 Å².